The third-order valence-electron chi connectivity index (χ3n) is 3.21. The van der Waals surface area contributed by atoms with Crippen molar-refractivity contribution in [2.75, 3.05) is 20.3 Å². The number of fused-ring (bicyclic) bond motifs is 1. The Balaban J connectivity index is 2.16. The first-order chi connectivity index (χ1) is 12.0. The van der Waals surface area contributed by atoms with Crippen LogP contribution in [0.15, 0.2) is 23.8 Å². The van der Waals surface area contributed by atoms with Gasteiger partial charge in [-0.05, 0) is 19.1 Å². The molecule has 0 atom stereocenters. The van der Waals surface area contributed by atoms with Crippen molar-refractivity contribution in [3.05, 3.63) is 34.9 Å². The molecule has 0 bridgehead atoms. The molecule has 10 heteroatoms. The van der Waals surface area contributed by atoms with E-state index in [1.807, 2.05) is 0 Å². The molecule has 25 heavy (non-hydrogen) atoms. The molecular weight excluding hydrogens is 331 g/mol. The van der Waals surface area contributed by atoms with Gasteiger partial charge in [-0.2, -0.15) is 0 Å². The molecule has 1 aromatic rings. The van der Waals surface area contributed by atoms with Crippen LogP contribution >= 0.6 is 0 Å². The average Bonchev–Trinajstić information content (AvgIpc) is 2.60. The molecule has 0 aliphatic carbocycles. The fourth-order valence-corrected chi connectivity index (χ4v) is 2.11. The molecule has 0 spiro atoms. The maximum atomic E-state index is 11.9. The molecular formula is C15H17BN2O7. The SMILES string of the molecule is CCOC(=O)c1cccc2c1OB(O)C(NC(=O)CNC(=O)OC)=C2. The van der Waals surface area contributed by atoms with Gasteiger partial charge < -0.3 is 29.8 Å². The average molecular weight is 348 g/mol. The zero-order valence-corrected chi connectivity index (χ0v) is 13.7. The summed E-state index contributed by atoms with van der Waals surface area (Å²) in [5.74, 6) is -0.988. The van der Waals surface area contributed by atoms with Gasteiger partial charge in [-0.1, -0.05) is 12.1 Å². The standard InChI is InChI=1S/C15H17BN2O7/c1-3-24-14(20)10-6-4-5-9-7-11(16(22)25-13(9)10)18-12(19)8-17-15(21)23-2/h4-7,22H,3,8H2,1-2H3,(H,17,21)(H,18,19). The number of rotatable bonds is 5. The molecule has 0 saturated carbocycles. The highest BCUT2D eigenvalue weighted by Crippen LogP contribution is 2.31. The van der Waals surface area contributed by atoms with Gasteiger partial charge in [0.2, 0.25) is 5.91 Å². The summed E-state index contributed by atoms with van der Waals surface area (Å²) in [5, 5.41) is 14.7. The van der Waals surface area contributed by atoms with Gasteiger partial charge in [0.25, 0.3) is 0 Å². The normalized spacial score (nSPS) is 12.3. The second kappa shape index (κ2) is 8.20. The molecule has 2 rings (SSSR count). The van der Waals surface area contributed by atoms with Crippen molar-refractivity contribution >= 4 is 31.2 Å². The number of hydrogen-bond acceptors (Lipinski definition) is 7. The molecule has 0 fully saturated rings. The fraction of sp³-hybridized carbons (Fsp3) is 0.267. The Morgan fingerprint density at radius 2 is 2.08 bits per heavy atom. The lowest BCUT2D eigenvalue weighted by atomic mass is 9.80. The van der Waals surface area contributed by atoms with E-state index in [1.54, 1.807) is 19.1 Å². The number of carbonyl (C=O) groups excluding carboxylic acids is 3. The van der Waals surface area contributed by atoms with E-state index in [-0.39, 0.29) is 30.1 Å². The van der Waals surface area contributed by atoms with E-state index in [1.165, 1.54) is 19.3 Å². The Morgan fingerprint density at radius 3 is 2.76 bits per heavy atom. The minimum Gasteiger partial charge on any atom is -0.530 e. The van der Waals surface area contributed by atoms with Gasteiger partial charge in [-0.3, -0.25) is 4.79 Å². The monoisotopic (exact) mass is 348 g/mol. The molecule has 3 N–H and O–H groups in total. The van der Waals surface area contributed by atoms with Crippen molar-refractivity contribution in [2.24, 2.45) is 0 Å². The zero-order valence-electron chi connectivity index (χ0n) is 13.7. The van der Waals surface area contributed by atoms with Crippen LogP contribution in [0, 0.1) is 0 Å². The third-order valence-corrected chi connectivity index (χ3v) is 3.21. The second-order valence-corrected chi connectivity index (χ2v) is 4.91. The Bertz CT molecular complexity index is 720. The van der Waals surface area contributed by atoms with Crippen LogP contribution in [0.25, 0.3) is 6.08 Å². The predicted molar refractivity (Wildman–Crippen MR) is 87.5 cm³/mol. The van der Waals surface area contributed by atoms with Crippen molar-refractivity contribution in [3.63, 3.8) is 0 Å². The van der Waals surface area contributed by atoms with Crippen LogP contribution in [-0.4, -0.2) is 50.4 Å². The number of ether oxygens (including phenoxy) is 2. The smallest absolute Gasteiger partial charge is 0.530 e. The van der Waals surface area contributed by atoms with E-state index in [2.05, 4.69) is 15.4 Å². The lowest BCUT2D eigenvalue weighted by molar-refractivity contribution is -0.119. The molecule has 1 heterocycles. The lowest BCUT2D eigenvalue weighted by Gasteiger charge is -2.22. The van der Waals surface area contributed by atoms with Gasteiger partial charge in [0, 0.05) is 5.56 Å². The number of benzene rings is 1. The van der Waals surface area contributed by atoms with Crippen LogP contribution in [-0.2, 0) is 14.3 Å². The summed E-state index contributed by atoms with van der Waals surface area (Å²) in [6.07, 6.45) is 0.719. The van der Waals surface area contributed by atoms with Crippen LogP contribution < -0.4 is 15.3 Å². The van der Waals surface area contributed by atoms with Crippen LogP contribution in [0.4, 0.5) is 4.79 Å². The number of methoxy groups -OCH3 is 1. The number of amides is 2. The Labute approximate surface area is 144 Å². The Hall–Kier alpha value is -3.01. The molecule has 0 radical (unpaired) electrons. The molecule has 0 aromatic heterocycles. The van der Waals surface area contributed by atoms with Gasteiger partial charge in [0.1, 0.15) is 17.9 Å². The van der Waals surface area contributed by atoms with E-state index in [0.29, 0.717) is 5.56 Å². The summed E-state index contributed by atoms with van der Waals surface area (Å²) in [4.78, 5) is 34.7. The van der Waals surface area contributed by atoms with E-state index in [9.17, 15) is 19.4 Å². The first-order valence-electron chi connectivity index (χ1n) is 7.44. The summed E-state index contributed by atoms with van der Waals surface area (Å²) in [5.41, 5.74) is 0.740. The van der Waals surface area contributed by atoms with Crippen molar-refractivity contribution in [1.29, 1.82) is 0 Å². The predicted octanol–water partition coefficient (Wildman–Crippen LogP) is 0.0885. The van der Waals surface area contributed by atoms with Crippen molar-refractivity contribution in [3.8, 4) is 5.75 Å². The van der Waals surface area contributed by atoms with Gasteiger partial charge in [-0.15, -0.1) is 0 Å². The molecule has 2 amide bonds. The summed E-state index contributed by atoms with van der Waals surface area (Å²) in [6, 6.07) is 4.80. The molecule has 132 valence electrons. The van der Waals surface area contributed by atoms with Crippen molar-refractivity contribution in [1.82, 2.24) is 10.6 Å². The molecule has 1 aromatic carbocycles. The Kier molecular flexibility index (Phi) is 6.01. The molecule has 1 aliphatic rings. The summed E-state index contributed by atoms with van der Waals surface area (Å²) < 4.78 is 14.6. The lowest BCUT2D eigenvalue weighted by Crippen LogP contribution is -2.43. The van der Waals surface area contributed by atoms with Crippen molar-refractivity contribution in [2.45, 2.75) is 6.92 Å². The highest BCUT2D eigenvalue weighted by molar-refractivity contribution is 6.55. The van der Waals surface area contributed by atoms with E-state index in [4.69, 9.17) is 9.39 Å². The first-order valence-corrected chi connectivity index (χ1v) is 7.44. The largest absolute Gasteiger partial charge is 0.577 e. The van der Waals surface area contributed by atoms with Crippen molar-refractivity contribution < 1.29 is 33.5 Å². The minimum absolute atomic E-state index is 0.0742. The number of carbonyl (C=O) groups is 3. The summed E-state index contributed by atoms with van der Waals surface area (Å²) >= 11 is 0. The van der Waals surface area contributed by atoms with Gasteiger partial charge >= 0.3 is 19.2 Å². The highest BCUT2D eigenvalue weighted by atomic mass is 16.5. The number of nitrogens with one attached hydrogen (secondary N) is 2. The molecule has 9 nitrogen and oxygen atoms in total. The second-order valence-electron chi connectivity index (χ2n) is 4.91. The van der Waals surface area contributed by atoms with Crippen LogP contribution in [0.3, 0.4) is 0 Å². The minimum atomic E-state index is -1.48. The quantitative estimate of drug-likeness (QED) is 0.509. The number of hydrogen-bond donors (Lipinski definition) is 3. The maximum absolute atomic E-state index is 11.9. The van der Waals surface area contributed by atoms with Gasteiger partial charge in [0.15, 0.2) is 0 Å². The van der Waals surface area contributed by atoms with E-state index < -0.39 is 25.1 Å². The van der Waals surface area contributed by atoms with Gasteiger partial charge in [-0.25, -0.2) is 9.59 Å². The number of alkyl carbamates (subject to hydrolysis) is 1. The first kappa shape index (κ1) is 18.3. The van der Waals surface area contributed by atoms with E-state index in [0.717, 1.165) is 0 Å². The third kappa shape index (κ3) is 4.51. The van der Waals surface area contributed by atoms with Gasteiger partial charge in [0.05, 0.1) is 19.3 Å². The number of esters is 1. The zero-order chi connectivity index (χ0) is 18.4. The maximum Gasteiger partial charge on any atom is 0.577 e. The highest BCUT2D eigenvalue weighted by Gasteiger charge is 2.31. The molecule has 0 unspecified atom stereocenters. The molecule has 1 aliphatic heterocycles. The summed E-state index contributed by atoms with van der Waals surface area (Å²) in [6.45, 7) is 1.54. The topological polar surface area (TPSA) is 123 Å². The Morgan fingerprint density at radius 1 is 1.32 bits per heavy atom. The molecule has 0 saturated heterocycles. The van der Waals surface area contributed by atoms with Crippen LogP contribution in [0.2, 0.25) is 0 Å². The summed E-state index contributed by atoms with van der Waals surface area (Å²) in [7, 11) is -0.308. The number of para-hydroxylation sites is 1. The van der Waals surface area contributed by atoms with Crippen LogP contribution in [0.5, 0.6) is 5.75 Å². The fourth-order valence-electron chi connectivity index (χ4n) is 2.11. The van der Waals surface area contributed by atoms with Crippen LogP contribution in [0.1, 0.15) is 22.8 Å². The van der Waals surface area contributed by atoms with E-state index >= 15 is 0 Å².